The smallest absolute Gasteiger partial charge is 0.218 e. The molecule has 1 fully saturated rings. The van der Waals surface area contributed by atoms with E-state index in [1.165, 1.54) is 4.31 Å². The van der Waals surface area contributed by atoms with Gasteiger partial charge in [0.1, 0.15) is 0 Å². The van der Waals surface area contributed by atoms with Crippen molar-refractivity contribution in [3.8, 4) is 0 Å². The lowest BCUT2D eigenvalue weighted by atomic mass is 10.1. The van der Waals surface area contributed by atoms with Gasteiger partial charge in [-0.15, -0.1) is 0 Å². The summed E-state index contributed by atoms with van der Waals surface area (Å²) >= 11 is 0. The summed E-state index contributed by atoms with van der Waals surface area (Å²) in [5, 5.41) is 9.38. The summed E-state index contributed by atoms with van der Waals surface area (Å²) in [7, 11) is -3.32. The highest BCUT2D eigenvalue weighted by Crippen LogP contribution is 2.17. The monoisotopic (exact) mass is 270 g/mol. The van der Waals surface area contributed by atoms with Gasteiger partial charge in [0.2, 0.25) is 10.0 Å². The summed E-state index contributed by atoms with van der Waals surface area (Å²) in [5.74, 6) is -0.0232. The summed E-state index contributed by atoms with van der Waals surface area (Å²) in [5.41, 5.74) is 7.21. The van der Waals surface area contributed by atoms with Gasteiger partial charge in [0, 0.05) is 19.6 Å². The van der Waals surface area contributed by atoms with Gasteiger partial charge in [-0.1, -0.05) is 24.3 Å². The largest absolute Gasteiger partial charge is 0.392 e. The number of sulfonamides is 1. The van der Waals surface area contributed by atoms with Crippen molar-refractivity contribution in [2.75, 3.05) is 13.1 Å². The van der Waals surface area contributed by atoms with Crippen molar-refractivity contribution in [1.29, 1.82) is 0 Å². The van der Waals surface area contributed by atoms with E-state index < -0.39 is 16.1 Å². The Morgan fingerprint density at radius 1 is 1.28 bits per heavy atom. The maximum absolute atomic E-state index is 12.1. The molecule has 1 aliphatic heterocycles. The third kappa shape index (κ3) is 3.08. The first-order chi connectivity index (χ1) is 8.51. The average Bonchev–Trinajstić information content (AvgIpc) is 2.77. The van der Waals surface area contributed by atoms with Gasteiger partial charge >= 0.3 is 0 Å². The van der Waals surface area contributed by atoms with E-state index in [0.717, 1.165) is 11.1 Å². The van der Waals surface area contributed by atoms with Crippen LogP contribution in [0.15, 0.2) is 24.3 Å². The molecule has 1 atom stereocenters. The fourth-order valence-electron chi connectivity index (χ4n) is 2.04. The number of β-amino-alcohol motifs (C(OH)–C–C–N with tert-alkyl or cyclic N) is 1. The quantitative estimate of drug-likeness (QED) is 0.809. The zero-order valence-corrected chi connectivity index (χ0v) is 10.9. The van der Waals surface area contributed by atoms with E-state index in [9.17, 15) is 13.5 Å². The third-order valence-corrected chi connectivity index (χ3v) is 4.94. The maximum Gasteiger partial charge on any atom is 0.218 e. The molecule has 1 aliphatic rings. The van der Waals surface area contributed by atoms with Crippen molar-refractivity contribution in [1.82, 2.24) is 4.31 Å². The Kier molecular flexibility index (Phi) is 4.01. The minimum absolute atomic E-state index is 0.0232. The van der Waals surface area contributed by atoms with Crippen molar-refractivity contribution in [2.45, 2.75) is 24.8 Å². The summed E-state index contributed by atoms with van der Waals surface area (Å²) in [6.45, 7) is 1.07. The molecule has 0 spiro atoms. The Balaban J connectivity index is 2.07. The maximum atomic E-state index is 12.1. The van der Waals surface area contributed by atoms with Crippen LogP contribution in [-0.2, 0) is 22.3 Å². The Hall–Kier alpha value is -0.950. The number of rotatable bonds is 4. The molecular weight excluding hydrogens is 252 g/mol. The van der Waals surface area contributed by atoms with Crippen molar-refractivity contribution < 1.29 is 13.5 Å². The zero-order chi connectivity index (χ0) is 13.2. The van der Waals surface area contributed by atoms with Crippen LogP contribution in [0.1, 0.15) is 17.5 Å². The molecule has 6 heteroatoms. The number of nitrogens with two attached hydrogens (primary N) is 1. The van der Waals surface area contributed by atoms with Crippen LogP contribution in [-0.4, -0.2) is 37.0 Å². The number of hydrogen-bond donors (Lipinski definition) is 2. The number of benzene rings is 1. The Bertz CT molecular complexity index is 499. The molecule has 5 nitrogen and oxygen atoms in total. The van der Waals surface area contributed by atoms with Gasteiger partial charge in [0.05, 0.1) is 11.9 Å². The van der Waals surface area contributed by atoms with Crippen LogP contribution in [0.25, 0.3) is 0 Å². The van der Waals surface area contributed by atoms with E-state index in [4.69, 9.17) is 5.73 Å². The van der Waals surface area contributed by atoms with Crippen LogP contribution < -0.4 is 5.73 Å². The first kappa shape index (κ1) is 13.5. The first-order valence-electron chi connectivity index (χ1n) is 5.95. The fraction of sp³-hybridized carbons (Fsp3) is 0.500. The summed E-state index contributed by atoms with van der Waals surface area (Å²) in [6.07, 6.45) is -0.00915. The summed E-state index contributed by atoms with van der Waals surface area (Å²) in [6, 6.07) is 7.24. The lowest BCUT2D eigenvalue weighted by molar-refractivity contribution is 0.189. The van der Waals surface area contributed by atoms with Crippen molar-refractivity contribution in [2.24, 2.45) is 5.73 Å². The van der Waals surface area contributed by atoms with Gasteiger partial charge in [-0.2, -0.15) is 4.31 Å². The molecule has 1 aromatic rings. The van der Waals surface area contributed by atoms with Crippen molar-refractivity contribution >= 4 is 10.0 Å². The van der Waals surface area contributed by atoms with Gasteiger partial charge in [-0.05, 0) is 17.5 Å². The molecule has 2 rings (SSSR count). The molecule has 0 bridgehead atoms. The normalized spacial score (nSPS) is 21.3. The first-order valence-corrected chi connectivity index (χ1v) is 7.56. The van der Waals surface area contributed by atoms with Gasteiger partial charge in [-0.3, -0.25) is 0 Å². The number of aliphatic hydroxyl groups excluding tert-OH is 1. The highest BCUT2D eigenvalue weighted by atomic mass is 32.2. The molecule has 1 heterocycles. The van der Waals surface area contributed by atoms with Gasteiger partial charge in [-0.25, -0.2) is 8.42 Å². The minimum Gasteiger partial charge on any atom is -0.392 e. The van der Waals surface area contributed by atoms with Crippen LogP contribution in [0.5, 0.6) is 0 Å². The Morgan fingerprint density at radius 3 is 2.39 bits per heavy atom. The molecule has 1 unspecified atom stereocenters. The SMILES string of the molecule is NCc1ccc(CS(=O)(=O)N2CCC(O)C2)cc1. The molecule has 0 aliphatic carbocycles. The van der Waals surface area contributed by atoms with E-state index in [2.05, 4.69) is 0 Å². The fourth-order valence-corrected chi connectivity index (χ4v) is 3.62. The summed E-state index contributed by atoms with van der Waals surface area (Å²) < 4.78 is 25.5. The van der Waals surface area contributed by atoms with Crippen LogP contribution in [0.2, 0.25) is 0 Å². The average molecular weight is 270 g/mol. The van der Waals surface area contributed by atoms with E-state index in [0.29, 0.717) is 19.5 Å². The molecule has 1 saturated heterocycles. The second kappa shape index (κ2) is 5.36. The number of nitrogens with zero attached hydrogens (tertiary/aromatic N) is 1. The molecule has 0 saturated carbocycles. The standard InChI is InChI=1S/C12H18N2O3S/c13-7-10-1-3-11(4-2-10)9-18(16,17)14-6-5-12(15)8-14/h1-4,12,15H,5-9,13H2. The van der Waals surface area contributed by atoms with Gasteiger partial charge in [0.15, 0.2) is 0 Å². The Morgan fingerprint density at radius 2 is 1.89 bits per heavy atom. The molecule has 1 aromatic carbocycles. The molecule has 0 amide bonds. The van der Waals surface area contributed by atoms with E-state index in [1.807, 2.05) is 12.1 Å². The molecule has 3 N–H and O–H groups in total. The second-order valence-electron chi connectivity index (χ2n) is 4.58. The lowest BCUT2D eigenvalue weighted by Gasteiger charge is -2.15. The second-order valence-corrected chi connectivity index (χ2v) is 6.55. The molecule has 0 radical (unpaired) electrons. The van der Waals surface area contributed by atoms with Gasteiger partial charge < -0.3 is 10.8 Å². The molecule has 18 heavy (non-hydrogen) atoms. The lowest BCUT2D eigenvalue weighted by Crippen LogP contribution is -2.30. The van der Waals surface area contributed by atoms with E-state index in [-0.39, 0.29) is 12.3 Å². The van der Waals surface area contributed by atoms with E-state index in [1.54, 1.807) is 12.1 Å². The Labute approximate surface area is 107 Å². The van der Waals surface area contributed by atoms with Gasteiger partial charge in [0.25, 0.3) is 0 Å². The topological polar surface area (TPSA) is 83.6 Å². The zero-order valence-electron chi connectivity index (χ0n) is 10.1. The predicted molar refractivity (Wildman–Crippen MR) is 69.2 cm³/mol. The molecule has 100 valence electrons. The van der Waals surface area contributed by atoms with Crippen LogP contribution in [0.4, 0.5) is 0 Å². The summed E-state index contributed by atoms with van der Waals surface area (Å²) in [4.78, 5) is 0. The van der Waals surface area contributed by atoms with Crippen LogP contribution in [0, 0.1) is 0 Å². The highest BCUT2D eigenvalue weighted by molar-refractivity contribution is 7.88. The van der Waals surface area contributed by atoms with Crippen LogP contribution >= 0.6 is 0 Å². The molecular formula is C12H18N2O3S. The molecule has 0 aromatic heterocycles. The predicted octanol–water partition coefficient (Wildman–Crippen LogP) is 0.0417. The minimum atomic E-state index is -3.32. The van der Waals surface area contributed by atoms with Crippen LogP contribution in [0.3, 0.4) is 0 Å². The third-order valence-electron chi connectivity index (χ3n) is 3.13. The van der Waals surface area contributed by atoms with Crippen molar-refractivity contribution in [3.63, 3.8) is 0 Å². The van der Waals surface area contributed by atoms with Crippen molar-refractivity contribution in [3.05, 3.63) is 35.4 Å². The number of aliphatic hydroxyl groups is 1. The number of hydrogen-bond acceptors (Lipinski definition) is 4. The highest BCUT2D eigenvalue weighted by Gasteiger charge is 2.30. The van der Waals surface area contributed by atoms with E-state index >= 15 is 0 Å².